The van der Waals surface area contributed by atoms with Crippen molar-refractivity contribution in [2.24, 2.45) is 5.73 Å². The van der Waals surface area contributed by atoms with Gasteiger partial charge in [0, 0.05) is 12.0 Å². The number of pyridine rings is 1. The quantitative estimate of drug-likeness (QED) is 0.522. The van der Waals surface area contributed by atoms with Gasteiger partial charge in [0.25, 0.3) is 5.56 Å². The Morgan fingerprint density at radius 1 is 1.27 bits per heavy atom. The third-order valence-electron chi connectivity index (χ3n) is 5.12. The van der Waals surface area contributed by atoms with Crippen LogP contribution in [0.5, 0.6) is 0 Å². The number of rotatable bonds is 6. The van der Waals surface area contributed by atoms with Crippen molar-refractivity contribution in [3.8, 4) is 0 Å². The predicted octanol–water partition coefficient (Wildman–Crippen LogP) is 5.14. The first-order chi connectivity index (χ1) is 14.1. The Labute approximate surface area is 176 Å². The molecule has 5 nitrogen and oxygen atoms in total. The van der Waals surface area contributed by atoms with Crippen LogP contribution < -0.4 is 11.3 Å². The van der Waals surface area contributed by atoms with Gasteiger partial charge < -0.3 is 10.7 Å². The zero-order valence-corrected chi connectivity index (χ0v) is 17.3. The van der Waals surface area contributed by atoms with Crippen molar-refractivity contribution >= 4 is 22.5 Å². The summed E-state index contributed by atoms with van der Waals surface area (Å²) in [6.07, 6.45) is -1.76. The Hall–Kier alpha value is -2.45. The fourth-order valence-corrected chi connectivity index (χ4v) is 3.72. The lowest BCUT2D eigenvalue weighted by molar-refractivity contribution is -0.138. The fraction of sp³-hybridized carbons (Fsp3) is 0.381. The van der Waals surface area contributed by atoms with Gasteiger partial charge in [-0.3, -0.25) is 4.79 Å². The van der Waals surface area contributed by atoms with E-state index in [4.69, 9.17) is 17.3 Å². The first kappa shape index (κ1) is 22.2. The molecule has 160 valence electrons. The van der Waals surface area contributed by atoms with E-state index in [1.807, 2.05) is 6.92 Å². The fourth-order valence-electron chi connectivity index (χ4n) is 3.57. The first-order valence-corrected chi connectivity index (χ1v) is 9.95. The lowest BCUT2D eigenvalue weighted by atomic mass is 9.91. The second-order valence-electron chi connectivity index (χ2n) is 7.43. The Morgan fingerprint density at radius 3 is 2.67 bits per heavy atom. The molecule has 0 amide bonds. The molecule has 3 N–H and O–H groups in total. The average Bonchev–Trinajstić information content (AvgIpc) is 2.67. The zero-order chi connectivity index (χ0) is 22.1. The third kappa shape index (κ3) is 4.82. The molecular weight excluding hydrogens is 417 g/mol. The van der Waals surface area contributed by atoms with Crippen molar-refractivity contribution in [2.75, 3.05) is 0 Å². The van der Waals surface area contributed by atoms with Crippen LogP contribution >= 0.6 is 11.6 Å². The van der Waals surface area contributed by atoms with Crippen LogP contribution in [0.3, 0.4) is 0 Å². The number of H-pyrrole nitrogens is 1. The van der Waals surface area contributed by atoms with E-state index in [2.05, 4.69) is 15.0 Å². The van der Waals surface area contributed by atoms with Crippen LogP contribution in [0.2, 0.25) is 5.15 Å². The third-order valence-corrected chi connectivity index (χ3v) is 5.32. The van der Waals surface area contributed by atoms with Crippen LogP contribution in [0, 0.1) is 0 Å². The molecule has 0 aliphatic heterocycles. The van der Waals surface area contributed by atoms with E-state index in [-0.39, 0.29) is 28.6 Å². The molecule has 0 saturated carbocycles. The molecule has 0 aliphatic carbocycles. The molecule has 0 unspecified atom stereocenters. The van der Waals surface area contributed by atoms with E-state index in [1.165, 1.54) is 18.3 Å². The molecule has 0 bridgehead atoms. The van der Waals surface area contributed by atoms with E-state index >= 15 is 0 Å². The van der Waals surface area contributed by atoms with E-state index < -0.39 is 17.8 Å². The highest BCUT2D eigenvalue weighted by atomic mass is 35.5. The number of hydrogen-bond acceptors (Lipinski definition) is 4. The lowest BCUT2D eigenvalue weighted by Crippen LogP contribution is -2.16. The Balaban J connectivity index is 1.80. The number of halogens is 4. The Morgan fingerprint density at radius 2 is 2.00 bits per heavy atom. The SMILES string of the molecule is C[C@H](CCCc1c([C@@H](C)N)cccc1C(F)(F)F)c1nc2cnc(Cl)cc2c(=O)[nH]1. The van der Waals surface area contributed by atoms with Gasteiger partial charge in [-0.25, -0.2) is 9.97 Å². The molecule has 2 heterocycles. The summed E-state index contributed by atoms with van der Waals surface area (Å²) in [5, 5.41) is 0.537. The minimum atomic E-state index is -4.44. The van der Waals surface area contributed by atoms with Gasteiger partial charge in [-0.2, -0.15) is 13.2 Å². The number of nitrogens with one attached hydrogen (secondary N) is 1. The molecule has 1 aromatic carbocycles. The molecule has 0 fully saturated rings. The molecular formula is C21H22ClF3N4O. The van der Waals surface area contributed by atoms with Gasteiger partial charge in [-0.1, -0.05) is 30.7 Å². The maximum atomic E-state index is 13.5. The molecule has 30 heavy (non-hydrogen) atoms. The van der Waals surface area contributed by atoms with Crippen molar-refractivity contribution < 1.29 is 13.2 Å². The second kappa shape index (κ2) is 8.73. The number of nitrogens with zero attached hydrogens (tertiary/aromatic N) is 2. The van der Waals surface area contributed by atoms with Crippen LogP contribution in [-0.4, -0.2) is 15.0 Å². The molecule has 0 saturated heterocycles. The molecule has 3 rings (SSSR count). The van der Waals surface area contributed by atoms with Crippen molar-refractivity contribution in [2.45, 2.75) is 51.2 Å². The largest absolute Gasteiger partial charge is 0.416 e. The van der Waals surface area contributed by atoms with Gasteiger partial charge in [0.1, 0.15) is 11.0 Å². The number of hydrogen-bond donors (Lipinski definition) is 2. The second-order valence-corrected chi connectivity index (χ2v) is 7.82. The molecule has 0 aliphatic rings. The van der Waals surface area contributed by atoms with Crippen LogP contribution in [0.25, 0.3) is 10.9 Å². The normalized spacial score (nSPS) is 14.1. The highest BCUT2D eigenvalue weighted by Gasteiger charge is 2.34. The predicted molar refractivity (Wildman–Crippen MR) is 111 cm³/mol. The monoisotopic (exact) mass is 438 g/mol. The maximum Gasteiger partial charge on any atom is 0.416 e. The topological polar surface area (TPSA) is 84.7 Å². The lowest BCUT2D eigenvalue weighted by Gasteiger charge is -2.19. The summed E-state index contributed by atoms with van der Waals surface area (Å²) in [4.78, 5) is 23.4. The van der Waals surface area contributed by atoms with E-state index in [0.717, 1.165) is 6.07 Å². The zero-order valence-electron chi connectivity index (χ0n) is 16.6. The van der Waals surface area contributed by atoms with Gasteiger partial charge >= 0.3 is 6.18 Å². The molecule has 3 aromatic rings. The summed E-state index contributed by atoms with van der Waals surface area (Å²) in [6, 6.07) is 5.06. The Kier molecular flexibility index (Phi) is 6.47. The number of aromatic amines is 1. The van der Waals surface area contributed by atoms with Crippen LogP contribution in [0.1, 0.15) is 61.2 Å². The summed E-state index contributed by atoms with van der Waals surface area (Å²) in [5.74, 6) is 0.308. The number of benzene rings is 1. The van der Waals surface area contributed by atoms with Gasteiger partial charge in [0.2, 0.25) is 0 Å². The van der Waals surface area contributed by atoms with Crippen LogP contribution in [0.4, 0.5) is 13.2 Å². The van der Waals surface area contributed by atoms with Crippen molar-refractivity contribution in [3.63, 3.8) is 0 Å². The number of aromatic nitrogens is 3. The van der Waals surface area contributed by atoms with Gasteiger partial charge in [-0.15, -0.1) is 0 Å². The summed E-state index contributed by atoms with van der Waals surface area (Å²) in [7, 11) is 0. The van der Waals surface area contributed by atoms with Crippen LogP contribution in [0.15, 0.2) is 35.3 Å². The molecule has 2 aromatic heterocycles. The van der Waals surface area contributed by atoms with Gasteiger partial charge in [0.05, 0.1) is 22.7 Å². The van der Waals surface area contributed by atoms with E-state index in [0.29, 0.717) is 35.1 Å². The highest BCUT2D eigenvalue weighted by Crippen LogP contribution is 2.36. The first-order valence-electron chi connectivity index (χ1n) is 9.58. The minimum absolute atomic E-state index is 0.158. The number of nitrogens with two attached hydrogens (primary N) is 1. The standard InChI is InChI=1S/C21H22ClF3N4O/c1-11(19-28-17-10-27-18(22)9-15(17)20(30)29-19)5-3-7-14-13(12(2)26)6-4-8-16(14)21(23,24)25/h4,6,8-12H,3,5,7,26H2,1-2H3,(H,28,29,30)/t11-,12-/m1/s1. The minimum Gasteiger partial charge on any atom is -0.324 e. The number of fused-ring (bicyclic) bond motifs is 1. The number of alkyl halides is 3. The summed E-state index contributed by atoms with van der Waals surface area (Å²) < 4.78 is 40.4. The molecule has 0 spiro atoms. The van der Waals surface area contributed by atoms with Crippen LogP contribution in [-0.2, 0) is 12.6 Å². The van der Waals surface area contributed by atoms with E-state index in [9.17, 15) is 18.0 Å². The highest BCUT2D eigenvalue weighted by molar-refractivity contribution is 6.30. The summed E-state index contributed by atoms with van der Waals surface area (Å²) >= 11 is 5.82. The van der Waals surface area contributed by atoms with Crippen molar-refractivity contribution in [1.29, 1.82) is 0 Å². The van der Waals surface area contributed by atoms with Gasteiger partial charge in [-0.05, 0) is 49.4 Å². The molecule has 9 heteroatoms. The summed E-state index contributed by atoms with van der Waals surface area (Å²) in [5.41, 5.74) is 6.07. The molecule has 0 radical (unpaired) electrons. The van der Waals surface area contributed by atoms with Crippen molar-refractivity contribution in [1.82, 2.24) is 15.0 Å². The van der Waals surface area contributed by atoms with Gasteiger partial charge in [0.15, 0.2) is 0 Å². The molecule has 2 atom stereocenters. The smallest absolute Gasteiger partial charge is 0.324 e. The Bertz CT molecular complexity index is 1110. The maximum absolute atomic E-state index is 13.5. The van der Waals surface area contributed by atoms with Crippen molar-refractivity contribution in [3.05, 3.63) is 68.5 Å². The van der Waals surface area contributed by atoms with E-state index in [1.54, 1.807) is 13.0 Å². The summed E-state index contributed by atoms with van der Waals surface area (Å²) in [6.45, 7) is 3.54. The average molecular weight is 439 g/mol.